The molecule has 0 bridgehead atoms. The molecule has 0 spiro atoms. The fraction of sp³-hybridized carbons (Fsp3) is 0.333. The van der Waals surface area contributed by atoms with E-state index in [9.17, 15) is 9.59 Å². The van der Waals surface area contributed by atoms with E-state index < -0.39 is 0 Å². The van der Waals surface area contributed by atoms with Gasteiger partial charge in [0.15, 0.2) is 11.5 Å². The molecular weight excluding hydrogens is 358 g/mol. The van der Waals surface area contributed by atoms with E-state index in [4.69, 9.17) is 9.47 Å². The second-order valence-corrected chi connectivity index (χ2v) is 6.54. The summed E-state index contributed by atoms with van der Waals surface area (Å²) in [7, 11) is 3.03. The molecule has 1 fully saturated rings. The number of ether oxygens (including phenoxy) is 2. The van der Waals surface area contributed by atoms with Crippen LogP contribution in [0.4, 0.5) is 11.4 Å². The van der Waals surface area contributed by atoms with E-state index in [1.807, 2.05) is 24.3 Å². The van der Waals surface area contributed by atoms with Gasteiger partial charge in [0.25, 0.3) is 5.91 Å². The van der Waals surface area contributed by atoms with Gasteiger partial charge in [-0.1, -0.05) is 0 Å². The van der Waals surface area contributed by atoms with Crippen LogP contribution in [0.2, 0.25) is 0 Å². The van der Waals surface area contributed by atoms with Crippen LogP contribution in [0.15, 0.2) is 42.5 Å². The van der Waals surface area contributed by atoms with Crippen LogP contribution >= 0.6 is 0 Å². The Balaban J connectivity index is 1.51. The largest absolute Gasteiger partial charge is 0.493 e. The lowest BCUT2D eigenvalue weighted by molar-refractivity contribution is -0.115. The number of methoxy groups -OCH3 is 2. The lowest BCUT2D eigenvalue weighted by Gasteiger charge is -2.17. The van der Waals surface area contributed by atoms with Crippen molar-refractivity contribution in [1.29, 1.82) is 0 Å². The fourth-order valence-electron chi connectivity index (χ4n) is 3.18. The second-order valence-electron chi connectivity index (χ2n) is 6.54. The number of carbonyl (C=O) groups is 2. The van der Waals surface area contributed by atoms with Gasteiger partial charge in [0.1, 0.15) is 0 Å². The molecule has 0 atom stereocenters. The number of carbonyl (C=O) groups excluding carboxylic acids is 2. The van der Waals surface area contributed by atoms with Crippen molar-refractivity contribution in [2.45, 2.75) is 12.8 Å². The van der Waals surface area contributed by atoms with Crippen molar-refractivity contribution in [3.63, 3.8) is 0 Å². The summed E-state index contributed by atoms with van der Waals surface area (Å²) in [6.45, 7) is 2.03. The van der Waals surface area contributed by atoms with Gasteiger partial charge in [-0.15, -0.1) is 0 Å². The SMILES string of the molecule is COc1ccc(C(=O)NCC(=O)Nc2ccc(N3CCCC3)cc2)cc1OC. The van der Waals surface area contributed by atoms with Gasteiger partial charge in [0.2, 0.25) is 5.91 Å². The minimum atomic E-state index is -0.361. The van der Waals surface area contributed by atoms with Crippen LogP contribution in [0.5, 0.6) is 11.5 Å². The summed E-state index contributed by atoms with van der Waals surface area (Å²) >= 11 is 0. The van der Waals surface area contributed by atoms with Crippen molar-refractivity contribution >= 4 is 23.2 Å². The maximum absolute atomic E-state index is 12.3. The summed E-state index contributed by atoms with van der Waals surface area (Å²) in [5.74, 6) is 0.343. The molecule has 2 N–H and O–H groups in total. The van der Waals surface area contributed by atoms with Gasteiger partial charge in [-0.2, -0.15) is 0 Å². The molecule has 0 aromatic heterocycles. The standard InChI is InChI=1S/C21H25N3O4/c1-27-18-10-5-15(13-19(18)28-2)21(26)22-14-20(25)23-16-6-8-17(9-7-16)24-11-3-4-12-24/h5-10,13H,3-4,11-12,14H2,1-2H3,(H,22,26)(H,23,25). The van der Waals surface area contributed by atoms with E-state index in [1.165, 1.54) is 27.1 Å². The van der Waals surface area contributed by atoms with Crippen molar-refractivity contribution in [3.05, 3.63) is 48.0 Å². The molecule has 28 heavy (non-hydrogen) atoms. The third-order valence-electron chi connectivity index (χ3n) is 4.68. The lowest BCUT2D eigenvalue weighted by atomic mass is 10.2. The van der Waals surface area contributed by atoms with Crippen molar-refractivity contribution in [1.82, 2.24) is 5.32 Å². The van der Waals surface area contributed by atoms with Crippen LogP contribution in [-0.2, 0) is 4.79 Å². The summed E-state index contributed by atoms with van der Waals surface area (Å²) < 4.78 is 10.3. The number of hydrogen-bond donors (Lipinski definition) is 2. The van der Waals surface area contributed by atoms with Gasteiger partial charge in [-0.3, -0.25) is 9.59 Å². The van der Waals surface area contributed by atoms with Crippen molar-refractivity contribution < 1.29 is 19.1 Å². The molecule has 2 aromatic rings. The minimum Gasteiger partial charge on any atom is -0.493 e. The molecule has 2 aromatic carbocycles. The summed E-state index contributed by atoms with van der Waals surface area (Å²) in [6, 6.07) is 12.6. The molecule has 148 valence electrons. The maximum atomic E-state index is 12.3. The van der Waals surface area contributed by atoms with Crippen LogP contribution in [-0.4, -0.2) is 45.7 Å². The Kier molecular flexibility index (Phi) is 6.37. The van der Waals surface area contributed by atoms with E-state index in [0.29, 0.717) is 22.7 Å². The molecule has 3 rings (SSSR count). The summed E-state index contributed by atoms with van der Waals surface area (Å²) in [6.07, 6.45) is 2.44. The van der Waals surface area contributed by atoms with Gasteiger partial charge in [-0.05, 0) is 55.3 Å². The maximum Gasteiger partial charge on any atom is 0.251 e. The zero-order chi connectivity index (χ0) is 19.9. The average Bonchev–Trinajstić information content (AvgIpc) is 3.27. The smallest absolute Gasteiger partial charge is 0.251 e. The van der Waals surface area contributed by atoms with Crippen molar-refractivity contribution in [3.8, 4) is 11.5 Å². The Labute approximate surface area is 164 Å². The number of nitrogens with one attached hydrogen (secondary N) is 2. The first-order chi connectivity index (χ1) is 13.6. The van der Waals surface area contributed by atoms with Gasteiger partial charge < -0.3 is 25.0 Å². The molecule has 0 saturated carbocycles. The van der Waals surface area contributed by atoms with E-state index in [-0.39, 0.29) is 18.4 Å². The summed E-state index contributed by atoms with van der Waals surface area (Å²) in [5.41, 5.74) is 2.26. The highest BCUT2D eigenvalue weighted by Gasteiger charge is 2.13. The predicted octanol–water partition coefficient (Wildman–Crippen LogP) is 2.67. The number of nitrogens with zero attached hydrogens (tertiary/aromatic N) is 1. The molecule has 1 heterocycles. The van der Waals surface area contributed by atoms with E-state index in [2.05, 4.69) is 15.5 Å². The van der Waals surface area contributed by atoms with Crippen molar-refractivity contribution in [2.24, 2.45) is 0 Å². The fourth-order valence-corrected chi connectivity index (χ4v) is 3.18. The first-order valence-electron chi connectivity index (χ1n) is 9.26. The van der Waals surface area contributed by atoms with E-state index in [1.54, 1.807) is 18.2 Å². The monoisotopic (exact) mass is 383 g/mol. The summed E-state index contributed by atoms with van der Waals surface area (Å²) in [5, 5.41) is 5.40. The van der Waals surface area contributed by atoms with Crippen LogP contribution in [0.25, 0.3) is 0 Å². The Morgan fingerprint density at radius 1 is 0.964 bits per heavy atom. The highest BCUT2D eigenvalue weighted by atomic mass is 16.5. The Hall–Kier alpha value is -3.22. The third kappa shape index (κ3) is 4.73. The third-order valence-corrected chi connectivity index (χ3v) is 4.68. The molecule has 1 aliphatic heterocycles. The first-order valence-corrected chi connectivity index (χ1v) is 9.26. The molecule has 0 aliphatic carbocycles. The topological polar surface area (TPSA) is 79.9 Å². The lowest BCUT2D eigenvalue weighted by Crippen LogP contribution is -2.32. The van der Waals surface area contributed by atoms with Gasteiger partial charge in [0.05, 0.1) is 20.8 Å². The highest BCUT2D eigenvalue weighted by molar-refractivity contribution is 5.99. The van der Waals surface area contributed by atoms with Gasteiger partial charge in [0, 0.05) is 30.0 Å². The van der Waals surface area contributed by atoms with Crippen LogP contribution < -0.4 is 25.0 Å². The predicted molar refractivity (Wildman–Crippen MR) is 108 cm³/mol. The zero-order valence-corrected chi connectivity index (χ0v) is 16.2. The summed E-state index contributed by atoms with van der Waals surface area (Å²) in [4.78, 5) is 26.7. The number of benzene rings is 2. The average molecular weight is 383 g/mol. The number of rotatable bonds is 7. The molecule has 2 amide bonds. The van der Waals surface area contributed by atoms with Crippen LogP contribution in [0.3, 0.4) is 0 Å². The van der Waals surface area contributed by atoms with Gasteiger partial charge in [-0.25, -0.2) is 0 Å². The number of anilines is 2. The van der Waals surface area contributed by atoms with E-state index >= 15 is 0 Å². The van der Waals surface area contributed by atoms with Gasteiger partial charge >= 0.3 is 0 Å². The Bertz CT molecular complexity index is 830. The minimum absolute atomic E-state index is 0.124. The molecule has 7 heteroatoms. The van der Waals surface area contributed by atoms with E-state index in [0.717, 1.165) is 18.8 Å². The normalized spacial score (nSPS) is 13.1. The highest BCUT2D eigenvalue weighted by Crippen LogP contribution is 2.27. The van der Waals surface area contributed by atoms with Crippen LogP contribution in [0, 0.1) is 0 Å². The second kappa shape index (κ2) is 9.12. The number of hydrogen-bond acceptors (Lipinski definition) is 5. The van der Waals surface area contributed by atoms with Crippen LogP contribution in [0.1, 0.15) is 23.2 Å². The Morgan fingerprint density at radius 2 is 1.64 bits per heavy atom. The first kappa shape index (κ1) is 19.5. The van der Waals surface area contributed by atoms with Crippen molar-refractivity contribution in [2.75, 3.05) is 44.1 Å². The molecule has 1 saturated heterocycles. The quantitative estimate of drug-likeness (QED) is 0.768. The molecular formula is C21H25N3O4. The molecule has 0 unspecified atom stereocenters. The molecule has 1 aliphatic rings. The zero-order valence-electron chi connectivity index (χ0n) is 16.2. The number of amides is 2. The molecule has 7 nitrogen and oxygen atoms in total. The molecule has 0 radical (unpaired) electrons. The Morgan fingerprint density at radius 3 is 2.29 bits per heavy atom.